The molecule has 0 bridgehead atoms. The van der Waals surface area contributed by atoms with E-state index in [2.05, 4.69) is 24.3 Å². The molecule has 0 atom stereocenters. The second-order valence-corrected chi connectivity index (χ2v) is 5.62. The second-order valence-electron chi connectivity index (χ2n) is 4.45. The highest BCUT2D eigenvalue weighted by Gasteiger charge is 2.15. The number of ether oxygens (including phenoxy) is 1. The summed E-state index contributed by atoms with van der Waals surface area (Å²) in [6.45, 7) is 1.70. The van der Waals surface area contributed by atoms with Crippen molar-refractivity contribution in [3.05, 3.63) is 29.8 Å². The van der Waals surface area contributed by atoms with Crippen molar-refractivity contribution in [3.63, 3.8) is 0 Å². The van der Waals surface area contributed by atoms with Gasteiger partial charge < -0.3 is 9.84 Å². The van der Waals surface area contributed by atoms with E-state index in [0.717, 1.165) is 26.1 Å². The fraction of sp³-hybridized carbons (Fsp3) is 0.500. The largest absolute Gasteiger partial charge is 0.481 e. The van der Waals surface area contributed by atoms with Gasteiger partial charge in [0.15, 0.2) is 0 Å². The maximum Gasteiger partial charge on any atom is 0.304 e. The van der Waals surface area contributed by atoms with Crippen LogP contribution in [-0.2, 0) is 9.53 Å². The Labute approximate surface area is 112 Å². The van der Waals surface area contributed by atoms with Crippen LogP contribution in [-0.4, -0.2) is 30.0 Å². The highest BCUT2D eigenvalue weighted by molar-refractivity contribution is 7.99. The smallest absolute Gasteiger partial charge is 0.304 e. The molecule has 0 spiro atoms. The van der Waals surface area contributed by atoms with E-state index in [-0.39, 0.29) is 6.42 Å². The van der Waals surface area contributed by atoms with Gasteiger partial charge in [0.05, 0.1) is 6.42 Å². The Morgan fingerprint density at radius 2 is 2.17 bits per heavy atom. The van der Waals surface area contributed by atoms with Crippen molar-refractivity contribution in [2.75, 3.05) is 19.0 Å². The van der Waals surface area contributed by atoms with Crippen LogP contribution in [0, 0.1) is 0 Å². The average Bonchev–Trinajstić information content (AvgIpc) is 2.40. The molecule has 3 nitrogen and oxygen atoms in total. The topological polar surface area (TPSA) is 46.5 Å². The fourth-order valence-electron chi connectivity index (χ4n) is 2.15. The van der Waals surface area contributed by atoms with E-state index in [4.69, 9.17) is 9.84 Å². The summed E-state index contributed by atoms with van der Waals surface area (Å²) in [7, 11) is 0. The standard InChI is InChI=1S/C14H18O3S/c15-14(16)6-9-18-13-3-1-2-12(10-13)11-4-7-17-8-5-11/h1-3,10-11H,4-9H2,(H,15,16). The number of carboxylic acid groups (broad SMARTS) is 1. The lowest BCUT2D eigenvalue weighted by atomic mass is 9.92. The minimum absolute atomic E-state index is 0.214. The Balaban J connectivity index is 1.93. The van der Waals surface area contributed by atoms with Crippen LogP contribution in [0.5, 0.6) is 0 Å². The van der Waals surface area contributed by atoms with Crippen molar-refractivity contribution in [3.8, 4) is 0 Å². The van der Waals surface area contributed by atoms with Crippen molar-refractivity contribution in [1.82, 2.24) is 0 Å². The Morgan fingerprint density at radius 1 is 1.39 bits per heavy atom. The molecule has 1 heterocycles. The molecule has 0 amide bonds. The van der Waals surface area contributed by atoms with E-state index in [9.17, 15) is 4.79 Å². The SMILES string of the molecule is O=C(O)CCSc1cccc(C2CCOCC2)c1. The van der Waals surface area contributed by atoms with Gasteiger partial charge in [0.25, 0.3) is 0 Å². The number of hydrogen-bond acceptors (Lipinski definition) is 3. The van der Waals surface area contributed by atoms with Gasteiger partial charge in [0, 0.05) is 23.9 Å². The van der Waals surface area contributed by atoms with Crippen molar-refractivity contribution in [2.45, 2.75) is 30.1 Å². The van der Waals surface area contributed by atoms with E-state index in [1.807, 2.05) is 0 Å². The molecule has 2 rings (SSSR count). The molecule has 1 aromatic rings. The first kappa shape index (κ1) is 13.4. The molecule has 1 aliphatic rings. The van der Waals surface area contributed by atoms with E-state index in [1.165, 1.54) is 10.5 Å². The molecule has 0 aromatic heterocycles. The van der Waals surface area contributed by atoms with Gasteiger partial charge in [-0.3, -0.25) is 4.79 Å². The van der Waals surface area contributed by atoms with Crippen molar-refractivity contribution < 1.29 is 14.6 Å². The van der Waals surface area contributed by atoms with Gasteiger partial charge in [-0.25, -0.2) is 0 Å². The summed E-state index contributed by atoms with van der Waals surface area (Å²) in [6, 6.07) is 8.48. The lowest BCUT2D eigenvalue weighted by Gasteiger charge is -2.22. The van der Waals surface area contributed by atoms with Crippen LogP contribution in [0.25, 0.3) is 0 Å². The summed E-state index contributed by atoms with van der Waals surface area (Å²) >= 11 is 1.61. The lowest BCUT2D eigenvalue weighted by molar-refractivity contribution is -0.136. The van der Waals surface area contributed by atoms with Crippen molar-refractivity contribution >= 4 is 17.7 Å². The predicted molar refractivity (Wildman–Crippen MR) is 72.2 cm³/mol. The number of carboxylic acids is 1. The molecular weight excluding hydrogens is 248 g/mol. The van der Waals surface area contributed by atoms with E-state index >= 15 is 0 Å². The molecule has 18 heavy (non-hydrogen) atoms. The van der Waals surface area contributed by atoms with Gasteiger partial charge in [0.1, 0.15) is 0 Å². The zero-order valence-corrected chi connectivity index (χ0v) is 11.1. The lowest BCUT2D eigenvalue weighted by Crippen LogP contribution is -2.13. The maximum atomic E-state index is 10.5. The molecule has 98 valence electrons. The van der Waals surface area contributed by atoms with Crippen LogP contribution in [0.4, 0.5) is 0 Å². The van der Waals surface area contributed by atoms with Crippen LogP contribution in [0.15, 0.2) is 29.2 Å². The third kappa shape index (κ3) is 4.03. The number of hydrogen-bond donors (Lipinski definition) is 1. The summed E-state index contributed by atoms with van der Waals surface area (Å²) in [5, 5.41) is 8.62. The molecule has 0 aliphatic carbocycles. The Kier molecular flexibility index (Phi) is 5.08. The van der Waals surface area contributed by atoms with E-state index in [0.29, 0.717) is 11.7 Å². The molecule has 1 aromatic carbocycles. The number of aliphatic carboxylic acids is 1. The number of carbonyl (C=O) groups is 1. The number of benzene rings is 1. The van der Waals surface area contributed by atoms with Crippen LogP contribution in [0.2, 0.25) is 0 Å². The quantitative estimate of drug-likeness (QED) is 0.832. The molecule has 1 saturated heterocycles. The Hall–Kier alpha value is -1.00. The first-order valence-corrected chi connectivity index (χ1v) is 7.26. The van der Waals surface area contributed by atoms with Gasteiger partial charge in [-0.05, 0) is 36.5 Å². The monoisotopic (exact) mass is 266 g/mol. The summed E-state index contributed by atoms with van der Waals surface area (Å²) in [4.78, 5) is 11.6. The molecule has 1 fully saturated rings. The van der Waals surface area contributed by atoms with E-state index in [1.54, 1.807) is 11.8 Å². The number of rotatable bonds is 5. The van der Waals surface area contributed by atoms with Gasteiger partial charge in [-0.1, -0.05) is 12.1 Å². The molecule has 1 aliphatic heterocycles. The summed E-state index contributed by atoms with van der Waals surface area (Å²) in [5.74, 6) is 0.494. The Bertz CT molecular complexity index is 400. The Morgan fingerprint density at radius 3 is 2.89 bits per heavy atom. The molecule has 0 radical (unpaired) electrons. The fourth-order valence-corrected chi connectivity index (χ4v) is 3.05. The minimum atomic E-state index is -0.733. The first-order valence-electron chi connectivity index (χ1n) is 6.28. The summed E-state index contributed by atoms with van der Waals surface area (Å²) in [6.07, 6.45) is 2.39. The summed E-state index contributed by atoms with van der Waals surface area (Å²) in [5.41, 5.74) is 1.36. The van der Waals surface area contributed by atoms with Gasteiger partial charge in [-0.15, -0.1) is 11.8 Å². The zero-order valence-electron chi connectivity index (χ0n) is 10.3. The van der Waals surface area contributed by atoms with Gasteiger partial charge in [-0.2, -0.15) is 0 Å². The molecule has 0 saturated carbocycles. The van der Waals surface area contributed by atoms with Crippen LogP contribution < -0.4 is 0 Å². The number of thioether (sulfide) groups is 1. The molecule has 1 N–H and O–H groups in total. The normalized spacial score (nSPS) is 16.7. The highest BCUT2D eigenvalue weighted by atomic mass is 32.2. The average molecular weight is 266 g/mol. The van der Waals surface area contributed by atoms with Crippen molar-refractivity contribution in [2.24, 2.45) is 0 Å². The highest BCUT2D eigenvalue weighted by Crippen LogP contribution is 2.29. The van der Waals surface area contributed by atoms with Crippen LogP contribution in [0.3, 0.4) is 0 Å². The first-order chi connectivity index (χ1) is 8.75. The third-order valence-corrected chi connectivity index (χ3v) is 4.13. The van der Waals surface area contributed by atoms with Gasteiger partial charge >= 0.3 is 5.97 Å². The van der Waals surface area contributed by atoms with Crippen molar-refractivity contribution in [1.29, 1.82) is 0 Å². The van der Waals surface area contributed by atoms with E-state index < -0.39 is 5.97 Å². The maximum absolute atomic E-state index is 10.5. The van der Waals surface area contributed by atoms with Gasteiger partial charge in [0.2, 0.25) is 0 Å². The molecule has 0 unspecified atom stereocenters. The second kappa shape index (κ2) is 6.81. The summed E-state index contributed by atoms with van der Waals surface area (Å²) < 4.78 is 5.37. The third-order valence-electron chi connectivity index (χ3n) is 3.14. The van der Waals surface area contributed by atoms with Crippen LogP contribution in [0.1, 0.15) is 30.7 Å². The molecular formula is C14H18O3S. The zero-order chi connectivity index (χ0) is 12.8. The molecule has 4 heteroatoms. The van der Waals surface area contributed by atoms with Crippen LogP contribution >= 0.6 is 11.8 Å². The minimum Gasteiger partial charge on any atom is -0.481 e. The predicted octanol–water partition coefficient (Wildman–Crippen LogP) is 3.15.